The van der Waals surface area contributed by atoms with Crippen LogP contribution >= 0.6 is 23.1 Å². The Balaban J connectivity index is 1.71. The standard InChI is InChI=1S/C23H18FNO2S3/c1-30(26,27)20-13-9-18(10-14-20)22-21(17-7-11-19(24)12-8-17)25-23(29-22)28-15-16-5-3-2-4-6-16/h2-14H,15H2,1H3. The van der Waals surface area contributed by atoms with Gasteiger partial charge < -0.3 is 0 Å². The third-order valence-electron chi connectivity index (χ3n) is 4.47. The molecule has 4 rings (SSSR count). The Hall–Kier alpha value is -2.48. The second-order valence-corrected chi connectivity index (χ2v) is 11.0. The lowest BCUT2D eigenvalue weighted by atomic mass is 10.1. The Kier molecular flexibility index (Phi) is 6.04. The summed E-state index contributed by atoms with van der Waals surface area (Å²) >= 11 is 3.20. The predicted molar refractivity (Wildman–Crippen MR) is 122 cm³/mol. The molecule has 4 aromatic rings. The first-order chi connectivity index (χ1) is 14.4. The maximum Gasteiger partial charge on any atom is 0.175 e. The molecule has 0 unspecified atom stereocenters. The number of rotatable bonds is 6. The van der Waals surface area contributed by atoms with Crippen LogP contribution in [0.3, 0.4) is 0 Å². The van der Waals surface area contributed by atoms with E-state index in [0.717, 1.165) is 31.8 Å². The summed E-state index contributed by atoms with van der Waals surface area (Å²) in [7, 11) is -3.26. The molecule has 0 N–H and O–H groups in total. The molecule has 0 aliphatic heterocycles. The molecule has 0 aliphatic carbocycles. The summed E-state index contributed by atoms with van der Waals surface area (Å²) in [5.41, 5.74) is 3.68. The molecule has 0 fully saturated rings. The van der Waals surface area contributed by atoms with Gasteiger partial charge in [0, 0.05) is 17.6 Å². The third kappa shape index (κ3) is 4.80. The normalized spacial score (nSPS) is 11.5. The Morgan fingerprint density at radius 1 is 0.900 bits per heavy atom. The van der Waals surface area contributed by atoms with Crippen LogP contribution in [0, 0.1) is 5.82 Å². The fourth-order valence-corrected chi connectivity index (χ4v) is 5.69. The highest BCUT2D eigenvalue weighted by Gasteiger charge is 2.17. The van der Waals surface area contributed by atoms with Gasteiger partial charge in [-0.25, -0.2) is 17.8 Å². The average Bonchev–Trinajstić information content (AvgIpc) is 3.17. The van der Waals surface area contributed by atoms with Crippen molar-refractivity contribution in [1.29, 1.82) is 0 Å². The lowest BCUT2D eigenvalue weighted by Crippen LogP contribution is -1.96. The molecule has 0 saturated heterocycles. The minimum Gasteiger partial charge on any atom is -0.229 e. The predicted octanol–water partition coefficient (Wildman–Crippen LogP) is 6.31. The quantitative estimate of drug-likeness (QED) is 0.320. The van der Waals surface area contributed by atoms with Crippen LogP contribution in [0.1, 0.15) is 5.56 Å². The van der Waals surface area contributed by atoms with Gasteiger partial charge in [0.25, 0.3) is 0 Å². The van der Waals surface area contributed by atoms with Crippen molar-refractivity contribution in [3.8, 4) is 21.7 Å². The molecule has 3 nitrogen and oxygen atoms in total. The van der Waals surface area contributed by atoms with E-state index in [1.807, 2.05) is 18.2 Å². The monoisotopic (exact) mass is 455 g/mol. The van der Waals surface area contributed by atoms with E-state index in [2.05, 4.69) is 12.1 Å². The topological polar surface area (TPSA) is 47.0 Å². The second kappa shape index (κ2) is 8.71. The van der Waals surface area contributed by atoms with Crippen LogP contribution < -0.4 is 0 Å². The first-order valence-electron chi connectivity index (χ1n) is 9.14. The van der Waals surface area contributed by atoms with Crippen molar-refractivity contribution >= 4 is 32.9 Å². The molecular formula is C23H18FNO2S3. The minimum absolute atomic E-state index is 0.276. The van der Waals surface area contributed by atoms with Crippen LogP contribution in [-0.2, 0) is 15.6 Å². The van der Waals surface area contributed by atoms with Gasteiger partial charge in [0.1, 0.15) is 5.82 Å². The van der Waals surface area contributed by atoms with Crippen molar-refractivity contribution in [2.75, 3.05) is 6.26 Å². The maximum atomic E-state index is 13.4. The molecule has 1 heterocycles. The third-order valence-corrected chi connectivity index (χ3v) is 7.92. The van der Waals surface area contributed by atoms with E-state index >= 15 is 0 Å². The van der Waals surface area contributed by atoms with Crippen LogP contribution in [0.25, 0.3) is 21.7 Å². The zero-order chi connectivity index (χ0) is 21.1. The molecule has 1 aromatic heterocycles. The number of thioether (sulfide) groups is 1. The number of benzene rings is 3. The summed E-state index contributed by atoms with van der Waals surface area (Å²) in [4.78, 5) is 6.02. The highest BCUT2D eigenvalue weighted by Crippen LogP contribution is 2.41. The van der Waals surface area contributed by atoms with Crippen LogP contribution in [0.15, 0.2) is 88.1 Å². The fraction of sp³-hybridized carbons (Fsp3) is 0.0870. The second-order valence-electron chi connectivity index (χ2n) is 6.74. The average molecular weight is 456 g/mol. The molecule has 0 atom stereocenters. The Morgan fingerprint density at radius 3 is 2.17 bits per heavy atom. The van der Waals surface area contributed by atoms with Crippen LogP contribution in [0.4, 0.5) is 4.39 Å². The van der Waals surface area contributed by atoms with Gasteiger partial charge in [-0.15, -0.1) is 11.3 Å². The molecule has 3 aromatic carbocycles. The van der Waals surface area contributed by atoms with Gasteiger partial charge in [0.15, 0.2) is 14.2 Å². The summed E-state index contributed by atoms with van der Waals surface area (Å²) in [6.45, 7) is 0. The number of hydrogen-bond acceptors (Lipinski definition) is 5. The zero-order valence-electron chi connectivity index (χ0n) is 16.1. The Labute approximate surface area is 183 Å². The van der Waals surface area contributed by atoms with Gasteiger partial charge in [-0.3, -0.25) is 0 Å². The Bertz CT molecular complexity index is 1250. The summed E-state index contributed by atoms with van der Waals surface area (Å²) < 4.78 is 37.9. The van der Waals surface area contributed by atoms with Crippen LogP contribution in [0.2, 0.25) is 0 Å². The molecule has 152 valence electrons. The minimum atomic E-state index is -3.26. The van der Waals surface area contributed by atoms with Crippen molar-refractivity contribution in [1.82, 2.24) is 4.98 Å². The van der Waals surface area contributed by atoms with Crippen molar-refractivity contribution < 1.29 is 12.8 Å². The van der Waals surface area contributed by atoms with E-state index in [4.69, 9.17) is 4.98 Å². The highest BCUT2D eigenvalue weighted by atomic mass is 32.2. The number of halogens is 1. The van der Waals surface area contributed by atoms with E-state index in [1.165, 1.54) is 24.0 Å². The lowest BCUT2D eigenvalue weighted by Gasteiger charge is -2.04. The summed E-state index contributed by atoms with van der Waals surface area (Å²) in [5.74, 6) is 0.496. The fourth-order valence-electron chi connectivity index (χ4n) is 2.93. The van der Waals surface area contributed by atoms with E-state index in [-0.39, 0.29) is 10.7 Å². The molecule has 0 amide bonds. The molecular weight excluding hydrogens is 437 g/mol. The molecule has 7 heteroatoms. The molecule has 0 bridgehead atoms. The van der Waals surface area contributed by atoms with Gasteiger partial charge in [-0.1, -0.05) is 54.2 Å². The SMILES string of the molecule is CS(=O)(=O)c1ccc(-c2sc(SCc3ccccc3)nc2-c2ccc(F)cc2)cc1. The molecule has 30 heavy (non-hydrogen) atoms. The van der Waals surface area contributed by atoms with Gasteiger partial charge in [0.2, 0.25) is 0 Å². The molecule has 0 spiro atoms. The van der Waals surface area contributed by atoms with E-state index in [0.29, 0.717) is 0 Å². The van der Waals surface area contributed by atoms with E-state index in [9.17, 15) is 12.8 Å². The summed E-state index contributed by atoms with van der Waals surface area (Å²) in [6.07, 6.45) is 1.19. The number of nitrogens with zero attached hydrogens (tertiary/aromatic N) is 1. The number of hydrogen-bond donors (Lipinski definition) is 0. The summed E-state index contributed by atoms with van der Waals surface area (Å²) in [5, 5.41) is 0. The molecule has 0 aliphatic rings. The van der Waals surface area contributed by atoms with Gasteiger partial charge >= 0.3 is 0 Å². The van der Waals surface area contributed by atoms with Crippen molar-refractivity contribution in [3.05, 3.63) is 90.2 Å². The van der Waals surface area contributed by atoms with Crippen LogP contribution in [-0.4, -0.2) is 19.7 Å². The molecule has 0 saturated carbocycles. The van der Waals surface area contributed by atoms with Gasteiger partial charge in [0.05, 0.1) is 15.5 Å². The van der Waals surface area contributed by atoms with E-state index < -0.39 is 9.84 Å². The number of sulfone groups is 1. The first kappa shape index (κ1) is 20.8. The van der Waals surface area contributed by atoms with Crippen molar-refractivity contribution in [2.45, 2.75) is 15.0 Å². The number of aromatic nitrogens is 1. The zero-order valence-corrected chi connectivity index (χ0v) is 18.5. The Morgan fingerprint density at radius 2 is 1.53 bits per heavy atom. The lowest BCUT2D eigenvalue weighted by molar-refractivity contribution is 0.602. The highest BCUT2D eigenvalue weighted by molar-refractivity contribution is 8.00. The number of thiazole rings is 1. The maximum absolute atomic E-state index is 13.4. The van der Waals surface area contributed by atoms with Crippen molar-refractivity contribution in [2.24, 2.45) is 0 Å². The van der Waals surface area contributed by atoms with Gasteiger partial charge in [-0.05, 0) is 47.5 Å². The largest absolute Gasteiger partial charge is 0.229 e. The van der Waals surface area contributed by atoms with Crippen LogP contribution in [0.5, 0.6) is 0 Å². The molecule has 0 radical (unpaired) electrons. The van der Waals surface area contributed by atoms with Gasteiger partial charge in [-0.2, -0.15) is 0 Å². The summed E-state index contributed by atoms with van der Waals surface area (Å²) in [6, 6.07) is 23.2. The smallest absolute Gasteiger partial charge is 0.175 e. The first-order valence-corrected chi connectivity index (χ1v) is 12.8. The van der Waals surface area contributed by atoms with E-state index in [1.54, 1.807) is 59.5 Å². The van der Waals surface area contributed by atoms with Crippen molar-refractivity contribution in [3.63, 3.8) is 0 Å².